The molecule has 0 spiro atoms. The van der Waals surface area contributed by atoms with E-state index < -0.39 is 0 Å². The van der Waals surface area contributed by atoms with E-state index in [0.717, 1.165) is 12.3 Å². The van der Waals surface area contributed by atoms with Crippen LogP contribution in [-0.2, 0) is 6.54 Å². The number of nitrogens with zero attached hydrogens (tertiary/aromatic N) is 1. The molecule has 0 aliphatic carbocycles. The molecule has 120 valence electrons. The van der Waals surface area contributed by atoms with Crippen molar-refractivity contribution in [3.63, 3.8) is 0 Å². The monoisotopic (exact) mass is 307 g/mol. The third-order valence-electron chi connectivity index (χ3n) is 4.37. The van der Waals surface area contributed by atoms with E-state index in [0.29, 0.717) is 0 Å². The Morgan fingerprint density at radius 3 is 2.39 bits per heavy atom. The van der Waals surface area contributed by atoms with Crippen LogP contribution in [-0.4, -0.2) is 10.7 Å². The van der Waals surface area contributed by atoms with Gasteiger partial charge in [0.15, 0.2) is 0 Å². The number of benzene rings is 2. The fourth-order valence-corrected chi connectivity index (χ4v) is 3.43. The topological polar surface area (TPSA) is 14.2 Å². The molecular weight excluding hydrogens is 282 g/mol. The van der Waals surface area contributed by atoms with Crippen LogP contribution >= 0.6 is 0 Å². The minimum Gasteiger partial charge on any atom is -0.490 e. The highest BCUT2D eigenvalue weighted by Gasteiger charge is 2.19. The first kappa shape index (κ1) is 15.7. The van der Waals surface area contributed by atoms with Crippen molar-refractivity contribution in [2.24, 2.45) is 0 Å². The zero-order valence-corrected chi connectivity index (χ0v) is 14.7. The van der Waals surface area contributed by atoms with Crippen LogP contribution < -0.4 is 4.74 Å². The molecule has 0 bridgehead atoms. The van der Waals surface area contributed by atoms with E-state index in [1.807, 2.05) is 0 Å². The van der Waals surface area contributed by atoms with Crippen molar-refractivity contribution < 1.29 is 4.74 Å². The molecule has 1 aromatic heterocycles. The van der Waals surface area contributed by atoms with E-state index in [1.165, 1.54) is 33.3 Å². The molecule has 3 rings (SSSR count). The normalized spacial score (nSPS) is 11.4. The number of aromatic nitrogens is 1. The molecule has 2 aromatic carbocycles. The van der Waals surface area contributed by atoms with E-state index in [1.54, 1.807) is 0 Å². The van der Waals surface area contributed by atoms with Gasteiger partial charge in [0.05, 0.1) is 17.3 Å². The molecule has 1 heterocycles. The quantitative estimate of drug-likeness (QED) is 0.600. The van der Waals surface area contributed by atoms with Crippen LogP contribution in [0.2, 0.25) is 0 Å². The Labute approximate surface area is 138 Å². The maximum absolute atomic E-state index is 6.07. The molecule has 0 unspecified atom stereocenters. The smallest absolute Gasteiger partial charge is 0.129 e. The molecule has 0 saturated carbocycles. The van der Waals surface area contributed by atoms with Gasteiger partial charge in [-0.05, 0) is 57.9 Å². The number of fused-ring (bicyclic) bond motifs is 1. The average molecular weight is 307 g/mol. The van der Waals surface area contributed by atoms with Gasteiger partial charge in [-0.15, -0.1) is 0 Å². The first-order valence-electron chi connectivity index (χ1n) is 8.39. The van der Waals surface area contributed by atoms with E-state index >= 15 is 0 Å². The molecule has 2 nitrogen and oxygen atoms in total. The van der Waals surface area contributed by atoms with Crippen molar-refractivity contribution in [2.75, 3.05) is 0 Å². The van der Waals surface area contributed by atoms with Crippen molar-refractivity contribution in [1.82, 2.24) is 4.57 Å². The third-order valence-corrected chi connectivity index (χ3v) is 4.37. The third kappa shape index (κ3) is 2.63. The number of rotatable bonds is 4. The number of hydrogen-bond acceptors (Lipinski definition) is 1. The Kier molecular flexibility index (Phi) is 4.16. The van der Waals surface area contributed by atoms with Gasteiger partial charge < -0.3 is 9.30 Å². The highest BCUT2D eigenvalue weighted by Crippen LogP contribution is 2.39. The fourth-order valence-electron chi connectivity index (χ4n) is 3.43. The van der Waals surface area contributed by atoms with E-state index in [-0.39, 0.29) is 6.10 Å². The van der Waals surface area contributed by atoms with Crippen molar-refractivity contribution in [3.8, 4) is 17.0 Å². The molecule has 0 amide bonds. The lowest BCUT2D eigenvalue weighted by molar-refractivity contribution is 0.245. The summed E-state index contributed by atoms with van der Waals surface area (Å²) in [6.07, 6.45) is 0.173. The second kappa shape index (κ2) is 6.11. The van der Waals surface area contributed by atoms with E-state index in [2.05, 4.69) is 81.7 Å². The molecule has 0 aliphatic rings. The summed E-state index contributed by atoms with van der Waals surface area (Å²) in [7, 11) is 0. The summed E-state index contributed by atoms with van der Waals surface area (Å²) in [5.41, 5.74) is 6.46. The summed E-state index contributed by atoms with van der Waals surface area (Å²) >= 11 is 0. The van der Waals surface area contributed by atoms with Gasteiger partial charge in [0.2, 0.25) is 0 Å². The molecule has 0 saturated heterocycles. The van der Waals surface area contributed by atoms with E-state index in [9.17, 15) is 0 Å². The largest absolute Gasteiger partial charge is 0.490 e. The van der Waals surface area contributed by atoms with Crippen LogP contribution in [0.4, 0.5) is 0 Å². The van der Waals surface area contributed by atoms with Crippen molar-refractivity contribution in [1.29, 1.82) is 0 Å². The van der Waals surface area contributed by atoms with Crippen LogP contribution in [0.5, 0.6) is 5.75 Å². The lowest BCUT2D eigenvalue weighted by atomic mass is 10.0. The molecule has 23 heavy (non-hydrogen) atoms. The average Bonchev–Trinajstić information content (AvgIpc) is 2.80. The van der Waals surface area contributed by atoms with E-state index in [4.69, 9.17) is 4.74 Å². The Morgan fingerprint density at radius 2 is 1.74 bits per heavy atom. The van der Waals surface area contributed by atoms with Gasteiger partial charge in [0, 0.05) is 17.5 Å². The standard InChI is InChI=1S/C21H25NO/c1-6-22-18-12-9-13-19(23-14(2)3)20(18)16(5)21(22)17-11-8-7-10-15(17)4/h7-14H,6H2,1-5H3. The summed E-state index contributed by atoms with van der Waals surface area (Å²) in [5, 5.41) is 1.24. The Bertz CT molecular complexity index is 842. The fraction of sp³-hybridized carbons (Fsp3) is 0.333. The number of aryl methyl sites for hydroxylation is 3. The van der Waals surface area contributed by atoms with Gasteiger partial charge >= 0.3 is 0 Å². The minimum atomic E-state index is 0.173. The lowest BCUT2D eigenvalue weighted by Crippen LogP contribution is -2.05. The van der Waals surface area contributed by atoms with Gasteiger partial charge in [0.1, 0.15) is 5.75 Å². The predicted octanol–water partition coefficient (Wildman–Crippen LogP) is 5.73. The van der Waals surface area contributed by atoms with Gasteiger partial charge in [0.25, 0.3) is 0 Å². The summed E-state index contributed by atoms with van der Waals surface area (Å²) in [5.74, 6) is 0.983. The zero-order valence-electron chi connectivity index (χ0n) is 14.7. The van der Waals surface area contributed by atoms with Gasteiger partial charge in [-0.1, -0.05) is 30.3 Å². The van der Waals surface area contributed by atoms with Crippen LogP contribution in [0.3, 0.4) is 0 Å². The molecule has 0 atom stereocenters. The second-order valence-corrected chi connectivity index (χ2v) is 6.35. The Hall–Kier alpha value is -2.22. The van der Waals surface area contributed by atoms with Crippen LogP contribution in [0.15, 0.2) is 42.5 Å². The maximum Gasteiger partial charge on any atom is 0.129 e. The van der Waals surface area contributed by atoms with Gasteiger partial charge in [-0.25, -0.2) is 0 Å². The Morgan fingerprint density at radius 1 is 1.00 bits per heavy atom. The van der Waals surface area contributed by atoms with Crippen molar-refractivity contribution in [2.45, 2.75) is 47.3 Å². The maximum atomic E-state index is 6.07. The number of ether oxygens (including phenoxy) is 1. The summed E-state index contributed by atoms with van der Waals surface area (Å²) < 4.78 is 8.48. The molecule has 3 aromatic rings. The molecular formula is C21H25NO. The van der Waals surface area contributed by atoms with Crippen molar-refractivity contribution >= 4 is 10.9 Å². The van der Waals surface area contributed by atoms with Gasteiger partial charge in [-0.3, -0.25) is 0 Å². The molecule has 0 fully saturated rings. The second-order valence-electron chi connectivity index (χ2n) is 6.35. The lowest BCUT2D eigenvalue weighted by Gasteiger charge is -2.11. The Balaban J connectivity index is 2.35. The van der Waals surface area contributed by atoms with Gasteiger partial charge in [-0.2, -0.15) is 0 Å². The first-order chi connectivity index (χ1) is 11.0. The molecule has 0 aliphatic heterocycles. The molecule has 0 N–H and O–H groups in total. The summed E-state index contributed by atoms with van der Waals surface area (Å²) in [6.45, 7) is 11.7. The minimum absolute atomic E-state index is 0.173. The summed E-state index contributed by atoms with van der Waals surface area (Å²) in [6, 6.07) is 15.0. The first-order valence-corrected chi connectivity index (χ1v) is 8.39. The predicted molar refractivity (Wildman–Crippen MR) is 98.3 cm³/mol. The zero-order chi connectivity index (χ0) is 16.6. The molecule has 0 radical (unpaired) electrons. The van der Waals surface area contributed by atoms with Crippen molar-refractivity contribution in [3.05, 3.63) is 53.6 Å². The highest BCUT2D eigenvalue weighted by molar-refractivity contribution is 5.96. The summed E-state index contributed by atoms with van der Waals surface area (Å²) in [4.78, 5) is 0. The van der Waals surface area contributed by atoms with Crippen LogP contribution in [0.25, 0.3) is 22.2 Å². The highest BCUT2D eigenvalue weighted by atomic mass is 16.5. The number of hydrogen-bond donors (Lipinski definition) is 0. The molecule has 2 heteroatoms. The van der Waals surface area contributed by atoms with Crippen LogP contribution in [0, 0.1) is 13.8 Å². The van der Waals surface area contributed by atoms with Crippen LogP contribution in [0.1, 0.15) is 31.9 Å². The SMILES string of the molecule is CCn1c(-c2ccccc2C)c(C)c2c(OC(C)C)cccc21.